The first-order chi connectivity index (χ1) is 10.1. The predicted octanol–water partition coefficient (Wildman–Crippen LogP) is 1.73. The van der Waals surface area contributed by atoms with E-state index in [1.165, 1.54) is 6.42 Å². The molecule has 0 bridgehead atoms. The van der Waals surface area contributed by atoms with E-state index in [1.54, 1.807) is 6.20 Å². The lowest BCUT2D eigenvalue weighted by molar-refractivity contribution is -0.121. The zero-order valence-corrected chi connectivity index (χ0v) is 13.0. The minimum Gasteiger partial charge on any atom is -0.370 e. The Labute approximate surface area is 127 Å². The van der Waals surface area contributed by atoms with Gasteiger partial charge in [-0.15, -0.1) is 0 Å². The molecular weight excluding hydrogens is 264 g/mol. The number of carbonyl (C=O) groups excluding carboxylic acids is 1. The third-order valence-corrected chi connectivity index (χ3v) is 3.71. The van der Waals surface area contributed by atoms with Crippen molar-refractivity contribution in [2.75, 3.05) is 31.5 Å². The van der Waals surface area contributed by atoms with Crippen LogP contribution in [-0.2, 0) is 4.79 Å². The molecule has 0 spiro atoms. The second kappa shape index (κ2) is 7.98. The molecule has 2 heterocycles. The van der Waals surface area contributed by atoms with Crippen molar-refractivity contribution < 1.29 is 4.79 Å². The average molecular weight is 290 g/mol. The highest BCUT2D eigenvalue weighted by Gasteiger charge is 2.22. The first kappa shape index (κ1) is 15.8. The van der Waals surface area contributed by atoms with Gasteiger partial charge in [-0.1, -0.05) is 6.07 Å². The van der Waals surface area contributed by atoms with Crippen LogP contribution in [0.2, 0.25) is 0 Å². The normalized spacial score (nSPS) is 18.9. The molecule has 21 heavy (non-hydrogen) atoms. The molecule has 0 saturated carbocycles. The zero-order chi connectivity index (χ0) is 15.1. The molecule has 2 rings (SSSR count). The number of amides is 1. The molecule has 1 aliphatic heterocycles. The van der Waals surface area contributed by atoms with Gasteiger partial charge in [0.05, 0.1) is 0 Å². The summed E-state index contributed by atoms with van der Waals surface area (Å²) in [6.45, 7) is 7.95. The van der Waals surface area contributed by atoms with Crippen LogP contribution in [0.4, 0.5) is 5.82 Å². The van der Waals surface area contributed by atoms with Gasteiger partial charge in [0.25, 0.3) is 0 Å². The molecule has 116 valence electrons. The van der Waals surface area contributed by atoms with Gasteiger partial charge < -0.3 is 15.5 Å². The molecule has 1 aromatic heterocycles. The summed E-state index contributed by atoms with van der Waals surface area (Å²) in [6, 6.07) is 6.13. The number of nitrogens with zero attached hydrogens (tertiary/aromatic N) is 2. The molecule has 1 amide bonds. The Bertz CT molecular complexity index is 435. The molecule has 1 aliphatic rings. The van der Waals surface area contributed by atoms with Gasteiger partial charge in [-0.2, -0.15) is 0 Å². The third kappa shape index (κ3) is 5.71. The summed E-state index contributed by atoms with van der Waals surface area (Å²) in [5.41, 5.74) is 0. The van der Waals surface area contributed by atoms with Gasteiger partial charge in [0.2, 0.25) is 5.91 Å². The molecule has 0 aromatic carbocycles. The van der Waals surface area contributed by atoms with Crippen molar-refractivity contribution in [1.29, 1.82) is 0 Å². The highest BCUT2D eigenvalue weighted by molar-refractivity contribution is 5.76. The van der Waals surface area contributed by atoms with E-state index in [0.717, 1.165) is 32.0 Å². The van der Waals surface area contributed by atoms with E-state index in [0.29, 0.717) is 12.3 Å². The van der Waals surface area contributed by atoms with Crippen molar-refractivity contribution in [1.82, 2.24) is 15.2 Å². The van der Waals surface area contributed by atoms with E-state index in [4.69, 9.17) is 0 Å². The second-order valence-corrected chi connectivity index (χ2v) is 6.02. The van der Waals surface area contributed by atoms with Crippen LogP contribution in [-0.4, -0.2) is 48.0 Å². The number of anilines is 1. The van der Waals surface area contributed by atoms with E-state index < -0.39 is 0 Å². The fourth-order valence-electron chi connectivity index (χ4n) is 2.65. The minimum atomic E-state index is 0.153. The fourth-order valence-corrected chi connectivity index (χ4v) is 2.65. The van der Waals surface area contributed by atoms with Gasteiger partial charge in [0, 0.05) is 38.3 Å². The van der Waals surface area contributed by atoms with Gasteiger partial charge in [-0.3, -0.25) is 4.79 Å². The smallest absolute Gasteiger partial charge is 0.221 e. The van der Waals surface area contributed by atoms with Gasteiger partial charge in [-0.25, -0.2) is 4.98 Å². The predicted molar refractivity (Wildman–Crippen MR) is 85.2 cm³/mol. The monoisotopic (exact) mass is 290 g/mol. The standard InChI is InChI=1S/C16H26N4O/c1-13(2)19-16(21)7-10-20-9-6-14(12-20)11-18-15-5-3-4-8-17-15/h3-5,8,13-14H,6-7,9-12H2,1-2H3,(H,17,18)(H,19,21)/t14-/m1/s1. The lowest BCUT2D eigenvalue weighted by Gasteiger charge is -2.17. The van der Waals surface area contributed by atoms with Crippen molar-refractivity contribution in [3.8, 4) is 0 Å². The SMILES string of the molecule is CC(C)NC(=O)CCN1CC[C@H](CNc2ccccn2)C1. The van der Waals surface area contributed by atoms with Crippen LogP contribution in [0.3, 0.4) is 0 Å². The largest absolute Gasteiger partial charge is 0.370 e. The Morgan fingerprint density at radius 2 is 2.33 bits per heavy atom. The Hall–Kier alpha value is -1.62. The molecule has 1 fully saturated rings. The van der Waals surface area contributed by atoms with E-state index in [1.807, 2.05) is 32.0 Å². The number of nitrogens with one attached hydrogen (secondary N) is 2. The van der Waals surface area contributed by atoms with Crippen molar-refractivity contribution in [3.05, 3.63) is 24.4 Å². The number of rotatable bonds is 7. The molecule has 1 aromatic rings. The molecule has 0 aliphatic carbocycles. The molecular formula is C16H26N4O. The van der Waals surface area contributed by atoms with Crippen LogP contribution in [0.15, 0.2) is 24.4 Å². The molecule has 5 heteroatoms. The maximum Gasteiger partial charge on any atom is 0.221 e. The first-order valence-electron chi connectivity index (χ1n) is 7.80. The molecule has 2 N–H and O–H groups in total. The number of hydrogen-bond acceptors (Lipinski definition) is 4. The molecule has 5 nitrogen and oxygen atoms in total. The van der Waals surface area contributed by atoms with Crippen LogP contribution >= 0.6 is 0 Å². The van der Waals surface area contributed by atoms with Crippen LogP contribution < -0.4 is 10.6 Å². The molecule has 1 atom stereocenters. The average Bonchev–Trinajstić information content (AvgIpc) is 2.91. The maximum atomic E-state index is 11.6. The summed E-state index contributed by atoms with van der Waals surface area (Å²) in [5, 5.41) is 6.32. The summed E-state index contributed by atoms with van der Waals surface area (Å²) in [7, 11) is 0. The lowest BCUT2D eigenvalue weighted by Crippen LogP contribution is -2.33. The lowest BCUT2D eigenvalue weighted by atomic mass is 10.1. The highest BCUT2D eigenvalue weighted by Crippen LogP contribution is 2.16. The summed E-state index contributed by atoms with van der Waals surface area (Å²) >= 11 is 0. The second-order valence-electron chi connectivity index (χ2n) is 6.02. The number of likely N-dealkylation sites (tertiary alicyclic amines) is 1. The van der Waals surface area contributed by atoms with Gasteiger partial charge in [0.15, 0.2) is 0 Å². The third-order valence-electron chi connectivity index (χ3n) is 3.71. The van der Waals surface area contributed by atoms with Gasteiger partial charge in [-0.05, 0) is 44.9 Å². The van der Waals surface area contributed by atoms with Crippen LogP contribution in [0, 0.1) is 5.92 Å². The number of pyridine rings is 1. The van der Waals surface area contributed by atoms with Crippen molar-refractivity contribution in [2.24, 2.45) is 5.92 Å². The van der Waals surface area contributed by atoms with E-state index in [-0.39, 0.29) is 11.9 Å². The first-order valence-corrected chi connectivity index (χ1v) is 7.80. The van der Waals surface area contributed by atoms with E-state index in [2.05, 4.69) is 20.5 Å². The topological polar surface area (TPSA) is 57.3 Å². The minimum absolute atomic E-state index is 0.153. The van der Waals surface area contributed by atoms with Crippen LogP contribution in [0.25, 0.3) is 0 Å². The number of carbonyl (C=O) groups is 1. The van der Waals surface area contributed by atoms with Gasteiger partial charge >= 0.3 is 0 Å². The number of aromatic nitrogens is 1. The zero-order valence-electron chi connectivity index (χ0n) is 13.0. The van der Waals surface area contributed by atoms with E-state index in [9.17, 15) is 4.79 Å². The van der Waals surface area contributed by atoms with Gasteiger partial charge in [0.1, 0.15) is 5.82 Å². The molecule has 0 radical (unpaired) electrons. The summed E-state index contributed by atoms with van der Waals surface area (Å²) < 4.78 is 0. The summed E-state index contributed by atoms with van der Waals surface area (Å²) in [6.07, 6.45) is 3.58. The highest BCUT2D eigenvalue weighted by atomic mass is 16.1. The summed E-state index contributed by atoms with van der Waals surface area (Å²) in [4.78, 5) is 18.3. The number of hydrogen-bond donors (Lipinski definition) is 2. The van der Waals surface area contributed by atoms with Crippen molar-refractivity contribution in [3.63, 3.8) is 0 Å². The van der Waals surface area contributed by atoms with E-state index >= 15 is 0 Å². The Balaban J connectivity index is 1.63. The van der Waals surface area contributed by atoms with Crippen LogP contribution in [0.1, 0.15) is 26.7 Å². The fraction of sp³-hybridized carbons (Fsp3) is 0.625. The quantitative estimate of drug-likeness (QED) is 0.803. The molecule has 1 saturated heterocycles. The molecule has 0 unspecified atom stereocenters. The van der Waals surface area contributed by atoms with Crippen molar-refractivity contribution >= 4 is 11.7 Å². The maximum absolute atomic E-state index is 11.6. The Morgan fingerprint density at radius 3 is 3.05 bits per heavy atom. The van der Waals surface area contributed by atoms with Crippen LogP contribution in [0.5, 0.6) is 0 Å². The summed E-state index contributed by atoms with van der Waals surface area (Å²) in [5.74, 6) is 1.73. The Kier molecular flexibility index (Phi) is 5.99. The Morgan fingerprint density at radius 1 is 1.48 bits per heavy atom. The van der Waals surface area contributed by atoms with Crippen molar-refractivity contribution in [2.45, 2.75) is 32.7 Å².